The third-order valence-electron chi connectivity index (χ3n) is 3.69. The van der Waals surface area contributed by atoms with Gasteiger partial charge in [0.05, 0.1) is 10.2 Å². The Morgan fingerprint density at radius 3 is 2.33 bits per heavy atom. The van der Waals surface area contributed by atoms with E-state index in [1.54, 1.807) is 11.3 Å². The summed E-state index contributed by atoms with van der Waals surface area (Å²) in [5, 5.41) is 8.22. The van der Waals surface area contributed by atoms with Crippen molar-refractivity contribution < 1.29 is 4.79 Å². The molecule has 4 rings (SSSR count). The van der Waals surface area contributed by atoms with Crippen LogP contribution in [0.5, 0.6) is 0 Å². The number of aromatic amines is 1. The summed E-state index contributed by atoms with van der Waals surface area (Å²) >= 11 is 1.62. The van der Waals surface area contributed by atoms with E-state index in [4.69, 9.17) is 0 Å². The highest BCUT2D eigenvalue weighted by atomic mass is 32.1. The van der Waals surface area contributed by atoms with Gasteiger partial charge >= 0.3 is 0 Å². The fraction of sp³-hybridized carbons (Fsp3) is 0. The van der Waals surface area contributed by atoms with Crippen LogP contribution >= 0.6 is 11.3 Å². The fourth-order valence-electron chi connectivity index (χ4n) is 2.49. The molecule has 0 radical (unpaired) electrons. The van der Waals surface area contributed by atoms with E-state index in [9.17, 15) is 4.79 Å². The molecule has 0 spiro atoms. The van der Waals surface area contributed by atoms with Crippen molar-refractivity contribution in [1.82, 2.24) is 4.98 Å². The topological polar surface area (TPSA) is 56.9 Å². The van der Waals surface area contributed by atoms with Crippen molar-refractivity contribution in [3.8, 4) is 0 Å². The summed E-state index contributed by atoms with van der Waals surface area (Å²) in [5.74, 6) is -0.137. The number of nitrogens with one attached hydrogen (secondary N) is 3. The Bertz CT molecular complexity index is 942. The Kier molecular flexibility index (Phi) is 3.76. The highest BCUT2D eigenvalue weighted by molar-refractivity contribution is 7.17. The molecular weight excluding hydrogens is 318 g/mol. The molecule has 0 saturated carbocycles. The summed E-state index contributed by atoms with van der Waals surface area (Å²) in [4.78, 5) is 15.4. The van der Waals surface area contributed by atoms with Crippen molar-refractivity contribution in [1.29, 1.82) is 0 Å². The van der Waals surface area contributed by atoms with Crippen LogP contribution in [0.4, 0.5) is 17.1 Å². The number of carbonyl (C=O) groups excluding carboxylic acids is 1. The van der Waals surface area contributed by atoms with Gasteiger partial charge in [0.1, 0.15) is 5.69 Å². The van der Waals surface area contributed by atoms with Crippen LogP contribution in [-0.4, -0.2) is 10.9 Å². The Morgan fingerprint density at radius 1 is 0.875 bits per heavy atom. The molecule has 118 valence electrons. The molecule has 0 bridgehead atoms. The number of fused-ring (bicyclic) bond motifs is 1. The summed E-state index contributed by atoms with van der Waals surface area (Å²) in [5.41, 5.74) is 4.33. The van der Waals surface area contributed by atoms with Crippen LogP contribution in [0.25, 0.3) is 10.2 Å². The van der Waals surface area contributed by atoms with Gasteiger partial charge in [-0.1, -0.05) is 18.2 Å². The van der Waals surface area contributed by atoms with Gasteiger partial charge in [-0.3, -0.25) is 4.79 Å². The second-order valence-electron chi connectivity index (χ2n) is 5.40. The van der Waals surface area contributed by atoms with Crippen LogP contribution in [0.2, 0.25) is 0 Å². The Morgan fingerprint density at radius 2 is 1.58 bits per heavy atom. The molecule has 0 aliphatic carbocycles. The second-order valence-corrected chi connectivity index (χ2v) is 6.35. The summed E-state index contributed by atoms with van der Waals surface area (Å²) < 4.78 is 1.09. The molecule has 2 aromatic carbocycles. The zero-order chi connectivity index (χ0) is 16.4. The number of thiophene rings is 1. The number of rotatable bonds is 4. The normalized spacial score (nSPS) is 10.7. The first-order chi connectivity index (χ1) is 11.8. The van der Waals surface area contributed by atoms with Gasteiger partial charge in [-0.25, -0.2) is 0 Å². The molecule has 0 fully saturated rings. The van der Waals surface area contributed by atoms with E-state index in [-0.39, 0.29) is 5.91 Å². The van der Waals surface area contributed by atoms with E-state index in [1.165, 1.54) is 0 Å². The number of para-hydroxylation sites is 1. The molecule has 0 saturated heterocycles. The van der Waals surface area contributed by atoms with E-state index >= 15 is 0 Å². The van der Waals surface area contributed by atoms with Crippen LogP contribution in [0.3, 0.4) is 0 Å². The molecule has 0 atom stereocenters. The Balaban J connectivity index is 1.45. The standard InChI is InChI=1S/C19H15N3OS/c23-19(17-12-18-16(22-17)10-11-24-18)21-15-8-6-14(7-9-15)20-13-4-2-1-3-5-13/h1-12,20,22H,(H,21,23). The van der Waals surface area contributed by atoms with Crippen molar-refractivity contribution in [2.45, 2.75) is 0 Å². The zero-order valence-corrected chi connectivity index (χ0v) is 13.6. The number of H-pyrrole nitrogens is 1. The van der Waals surface area contributed by atoms with Crippen molar-refractivity contribution >= 4 is 44.5 Å². The van der Waals surface area contributed by atoms with E-state index in [0.29, 0.717) is 5.69 Å². The molecule has 1 amide bonds. The molecule has 4 nitrogen and oxygen atoms in total. The molecule has 4 aromatic rings. The van der Waals surface area contributed by atoms with E-state index in [1.807, 2.05) is 72.1 Å². The average Bonchev–Trinajstić information content (AvgIpc) is 3.19. The molecule has 2 aromatic heterocycles. The summed E-state index contributed by atoms with van der Waals surface area (Å²) in [6.07, 6.45) is 0. The molecule has 0 aliphatic heterocycles. The minimum Gasteiger partial charge on any atom is -0.356 e. The van der Waals surface area contributed by atoms with Crippen LogP contribution in [0, 0.1) is 0 Å². The molecular formula is C19H15N3OS. The van der Waals surface area contributed by atoms with Crippen molar-refractivity contribution in [3.05, 3.63) is 77.8 Å². The van der Waals surface area contributed by atoms with Crippen molar-refractivity contribution in [2.24, 2.45) is 0 Å². The molecule has 5 heteroatoms. The SMILES string of the molecule is O=C(Nc1ccc(Nc2ccccc2)cc1)c1cc2sccc2[nH]1. The highest BCUT2D eigenvalue weighted by Gasteiger charge is 2.10. The largest absolute Gasteiger partial charge is 0.356 e. The second kappa shape index (κ2) is 6.22. The number of carbonyl (C=O) groups is 1. The summed E-state index contributed by atoms with van der Waals surface area (Å²) in [6, 6.07) is 21.5. The molecule has 3 N–H and O–H groups in total. The number of hydrogen-bond donors (Lipinski definition) is 3. The fourth-order valence-corrected chi connectivity index (χ4v) is 3.28. The third kappa shape index (κ3) is 3.02. The molecule has 2 heterocycles. The number of hydrogen-bond acceptors (Lipinski definition) is 3. The molecule has 0 unspecified atom stereocenters. The quantitative estimate of drug-likeness (QED) is 0.479. The number of benzene rings is 2. The van der Waals surface area contributed by atoms with Gasteiger partial charge in [0, 0.05) is 17.1 Å². The predicted octanol–water partition coefficient (Wildman–Crippen LogP) is 5.23. The Hall–Kier alpha value is -3.05. The lowest BCUT2D eigenvalue weighted by atomic mass is 10.2. The van der Waals surface area contributed by atoms with Gasteiger partial charge in [0.25, 0.3) is 5.91 Å². The number of amides is 1. The molecule has 24 heavy (non-hydrogen) atoms. The van der Waals surface area contributed by atoms with Crippen molar-refractivity contribution in [2.75, 3.05) is 10.6 Å². The highest BCUT2D eigenvalue weighted by Crippen LogP contribution is 2.23. The predicted molar refractivity (Wildman–Crippen MR) is 100 cm³/mol. The van der Waals surface area contributed by atoms with E-state index < -0.39 is 0 Å². The molecule has 0 aliphatic rings. The van der Waals surface area contributed by atoms with Crippen LogP contribution < -0.4 is 10.6 Å². The van der Waals surface area contributed by atoms with Gasteiger partial charge in [-0.2, -0.15) is 0 Å². The van der Waals surface area contributed by atoms with Crippen LogP contribution in [0.1, 0.15) is 10.5 Å². The van der Waals surface area contributed by atoms with Gasteiger partial charge in [0.15, 0.2) is 0 Å². The zero-order valence-electron chi connectivity index (χ0n) is 12.7. The summed E-state index contributed by atoms with van der Waals surface area (Å²) in [7, 11) is 0. The van der Waals surface area contributed by atoms with Crippen LogP contribution in [0.15, 0.2) is 72.1 Å². The third-order valence-corrected chi connectivity index (χ3v) is 4.55. The number of anilines is 3. The summed E-state index contributed by atoms with van der Waals surface area (Å²) in [6.45, 7) is 0. The minimum atomic E-state index is -0.137. The maximum absolute atomic E-state index is 12.3. The van der Waals surface area contributed by atoms with E-state index in [0.717, 1.165) is 27.3 Å². The minimum absolute atomic E-state index is 0.137. The maximum Gasteiger partial charge on any atom is 0.272 e. The van der Waals surface area contributed by atoms with Gasteiger partial charge < -0.3 is 15.6 Å². The van der Waals surface area contributed by atoms with Gasteiger partial charge in [-0.05, 0) is 53.9 Å². The lowest BCUT2D eigenvalue weighted by molar-refractivity contribution is 0.102. The lowest BCUT2D eigenvalue weighted by Crippen LogP contribution is -2.12. The Labute approximate surface area is 143 Å². The smallest absolute Gasteiger partial charge is 0.272 e. The van der Waals surface area contributed by atoms with Gasteiger partial charge in [-0.15, -0.1) is 11.3 Å². The lowest BCUT2D eigenvalue weighted by Gasteiger charge is -2.08. The first-order valence-electron chi connectivity index (χ1n) is 7.58. The van der Waals surface area contributed by atoms with Gasteiger partial charge in [0.2, 0.25) is 0 Å². The first kappa shape index (κ1) is 14.5. The first-order valence-corrected chi connectivity index (χ1v) is 8.46. The maximum atomic E-state index is 12.3. The number of aromatic nitrogens is 1. The monoisotopic (exact) mass is 333 g/mol. The van der Waals surface area contributed by atoms with E-state index in [2.05, 4.69) is 15.6 Å². The van der Waals surface area contributed by atoms with Crippen molar-refractivity contribution in [3.63, 3.8) is 0 Å². The average molecular weight is 333 g/mol. The van der Waals surface area contributed by atoms with Crippen LogP contribution in [-0.2, 0) is 0 Å².